The van der Waals surface area contributed by atoms with Crippen LogP contribution in [0, 0.1) is 17.3 Å². The smallest absolute Gasteiger partial charge is 0.0750 e. The molecular weight excluding hydrogens is 196 g/mol. The third-order valence-electron chi connectivity index (χ3n) is 4.75. The molecule has 2 saturated carbocycles. The Morgan fingerprint density at radius 1 is 1.12 bits per heavy atom. The van der Waals surface area contributed by atoms with Crippen molar-refractivity contribution in [3.63, 3.8) is 0 Å². The molecule has 0 radical (unpaired) electrons. The van der Waals surface area contributed by atoms with Crippen LogP contribution in [0.3, 0.4) is 0 Å². The molecule has 0 aliphatic heterocycles. The molecule has 0 spiro atoms. The van der Waals surface area contributed by atoms with Crippen molar-refractivity contribution >= 4 is 0 Å². The molecule has 0 aromatic heterocycles. The summed E-state index contributed by atoms with van der Waals surface area (Å²) in [4.78, 5) is 0. The van der Waals surface area contributed by atoms with Crippen LogP contribution < -0.4 is 0 Å². The fraction of sp³-hybridized carbons (Fsp3) is 0.733. The third kappa shape index (κ3) is 1.98. The lowest BCUT2D eigenvalue weighted by Gasteiger charge is -2.53. The second kappa shape index (κ2) is 4.03. The summed E-state index contributed by atoms with van der Waals surface area (Å²) in [6.07, 6.45) is 4.92. The van der Waals surface area contributed by atoms with Gasteiger partial charge in [0.2, 0.25) is 0 Å². The summed E-state index contributed by atoms with van der Waals surface area (Å²) in [5, 5.41) is 9.91. The minimum absolute atomic E-state index is 0.308. The van der Waals surface area contributed by atoms with Crippen LogP contribution in [0.5, 0.6) is 0 Å². The topological polar surface area (TPSA) is 20.2 Å². The van der Waals surface area contributed by atoms with Crippen LogP contribution in [-0.2, 0) is 0 Å². The Morgan fingerprint density at radius 2 is 1.75 bits per heavy atom. The van der Waals surface area contributed by atoms with Gasteiger partial charge in [-0.15, -0.1) is 0 Å². The number of aliphatic hydroxyl groups is 1. The maximum atomic E-state index is 9.91. The first-order valence-electron chi connectivity index (χ1n) is 6.45. The van der Waals surface area contributed by atoms with E-state index in [2.05, 4.69) is 27.0 Å². The van der Waals surface area contributed by atoms with Crippen LogP contribution in [0.15, 0.2) is 24.3 Å². The minimum atomic E-state index is -0.308. The quantitative estimate of drug-likeness (QED) is 0.617. The number of allylic oxidation sites excluding steroid dienone is 1. The van der Waals surface area contributed by atoms with E-state index in [1.807, 2.05) is 0 Å². The fourth-order valence-corrected chi connectivity index (χ4v) is 3.48. The second-order valence-electron chi connectivity index (χ2n) is 6.32. The van der Waals surface area contributed by atoms with Gasteiger partial charge in [-0.2, -0.15) is 0 Å². The van der Waals surface area contributed by atoms with Crippen molar-refractivity contribution in [2.45, 2.75) is 52.1 Å². The van der Waals surface area contributed by atoms with Gasteiger partial charge in [-0.3, -0.25) is 0 Å². The second-order valence-corrected chi connectivity index (χ2v) is 6.32. The van der Waals surface area contributed by atoms with E-state index in [9.17, 15) is 5.11 Å². The third-order valence-corrected chi connectivity index (χ3v) is 4.75. The maximum absolute atomic E-state index is 9.91. The van der Waals surface area contributed by atoms with Gasteiger partial charge in [-0.1, -0.05) is 32.6 Å². The number of rotatable bonds is 0. The molecule has 16 heavy (non-hydrogen) atoms. The highest BCUT2D eigenvalue weighted by molar-refractivity contribution is 5.16. The highest BCUT2D eigenvalue weighted by atomic mass is 16.3. The molecule has 0 saturated heterocycles. The number of hydrogen-bond acceptors (Lipinski definition) is 1. The summed E-state index contributed by atoms with van der Waals surface area (Å²) in [6.45, 7) is 13.0. The molecular formula is C15H24O. The molecule has 0 aromatic rings. The molecule has 3 atom stereocenters. The summed E-state index contributed by atoms with van der Waals surface area (Å²) in [5.74, 6) is 1.45. The van der Waals surface area contributed by atoms with E-state index in [-0.39, 0.29) is 6.10 Å². The van der Waals surface area contributed by atoms with Gasteiger partial charge < -0.3 is 5.11 Å². The van der Waals surface area contributed by atoms with Crippen molar-refractivity contribution in [3.8, 4) is 0 Å². The number of fused-ring (bicyclic) bond motifs is 1. The van der Waals surface area contributed by atoms with Crippen molar-refractivity contribution in [2.75, 3.05) is 0 Å². The SMILES string of the molecule is C=C1CC[C@H](O)C(=C)CC[C@@H]2[C@@H]1CC2(C)C. The van der Waals surface area contributed by atoms with Crippen molar-refractivity contribution in [3.05, 3.63) is 24.3 Å². The zero-order chi connectivity index (χ0) is 11.9. The Hall–Kier alpha value is -0.560. The van der Waals surface area contributed by atoms with E-state index < -0.39 is 0 Å². The molecule has 0 amide bonds. The average molecular weight is 220 g/mol. The predicted octanol–water partition coefficient (Wildman–Crippen LogP) is 3.70. The lowest BCUT2D eigenvalue weighted by Crippen LogP contribution is -2.44. The van der Waals surface area contributed by atoms with E-state index in [4.69, 9.17) is 0 Å². The first kappa shape index (κ1) is 11.9. The molecule has 2 fully saturated rings. The van der Waals surface area contributed by atoms with Crippen molar-refractivity contribution < 1.29 is 5.11 Å². The monoisotopic (exact) mass is 220 g/mol. The average Bonchev–Trinajstić information content (AvgIpc) is 2.24. The van der Waals surface area contributed by atoms with Crippen LogP contribution in [-0.4, -0.2) is 11.2 Å². The summed E-state index contributed by atoms with van der Waals surface area (Å²) in [7, 11) is 0. The van der Waals surface area contributed by atoms with E-state index in [1.165, 1.54) is 18.4 Å². The molecule has 2 rings (SSSR count). The molecule has 90 valence electrons. The molecule has 0 aromatic carbocycles. The molecule has 0 heterocycles. The van der Waals surface area contributed by atoms with E-state index >= 15 is 0 Å². The first-order chi connectivity index (χ1) is 7.42. The zero-order valence-electron chi connectivity index (χ0n) is 10.6. The van der Waals surface area contributed by atoms with Gasteiger partial charge in [-0.25, -0.2) is 0 Å². The first-order valence-corrected chi connectivity index (χ1v) is 6.45. The van der Waals surface area contributed by atoms with Crippen molar-refractivity contribution in [1.29, 1.82) is 0 Å². The standard InChI is InChI=1S/C15H24O/c1-10-6-8-14(16)11(2)5-7-13-12(10)9-15(13,3)4/h12-14,16H,1-2,5-9H2,3-4H3/t12-,13-,14+/m1/s1. The molecule has 1 nitrogen and oxygen atoms in total. The molecule has 1 heteroatoms. The van der Waals surface area contributed by atoms with E-state index in [0.717, 1.165) is 30.8 Å². The van der Waals surface area contributed by atoms with Gasteiger partial charge in [0.1, 0.15) is 0 Å². The van der Waals surface area contributed by atoms with Crippen LogP contribution in [0.25, 0.3) is 0 Å². The Morgan fingerprint density at radius 3 is 2.38 bits per heavy atom. The zero-order valence-corrected chi connectivity index (χ0v) is 10.6. The molecule has 0 unspecified atom stereocenters. The van der Waals surface area contributed by atoms with Crippen LogP contribution >= 0.6 is 0 Å². The highest BCUT2D eigenvalue weighted by Crippen LogP contribution is 2.56. The summed E-state index contributed by atoms with van der Waals surface area (Å²) in [5.41, 5.74) is 2.85. The van der Waals surface area contributed by atoms with Gasteiger partial charge in [0.25, 0.3) is 0 Å². The van der Waals surface area contributed by atoms with Gasteiger partial charge in [-0.05, 0) is 54.9 Å². The minimum Gasteiger partial charge on any atom is -0.389 e. The molecule has 2 aliphatic carbocycles. The van der Waals surface area contributed by atoms with Gasteiger partial charge >= 0.3 is 0 Å². The van der Waals surface area contributed by atoms with Crippen LogP contribution in [0.1, 0.15) is 46.0 Å². The van der Waals surface area contributed by atoms with Crippen LogP contribution in [0.2, 0.25) is 0 Å². The molecule has 2 aliphatic rings. The van der Waals surface area contributed by atoms with Gasteiger partial charge in [0, 0.05) is 0 Å². The predicted molar refractivity (Wildman–Crippen MR) is 68.1 cm³/mol. The Balaban J connectivity index is 2.12. The highest BCUT2D eigenvalue weighted by Gasteiger charge is 2.47. The Kier molecular flexibility index (Phi) is 3.00. The lowest BCUT2D eigenvalue weighted by atomic mass is 9.52. The number of hydrogen-bond donors (Lipinski definition) is 1. The Bertz CT molecular complexity index is 313. The maximum Gasteiger partial charge on any atom is 0.0750 e. The summed E-state index contributed by atoms with van der Waals surface area (Å²) >= 11 is 0. The fourth-order valence-electron chi connectivity index (χ4n) is 3.48. The van der Waals surface area contributed by atoms with E-state index in [0.29, 0.717) is 11.3 Å². The van der Waals surface area contributed by atoms with Crippen molar-refractivity contribution in [1.82, 2.24) is 0 Å². The Labute approximate surface area is 99.3 Å². The largest absolute Gasteiger partial charge is 0.389 e. The van der Waals surface area contributed by atoms with Gasteiger partial charge in [0.05, 0.1) is 6.10 Å². The van der Waals surface area contributed by atoms with Crippen LogP contribution in [0.4, 0.5) is 0 Å². The summed E-state index contributed by atoms with van der Waals surface area (Å²) < 4.78 is 0. The molecule has 0 bridgehead atoms. The van der Waals surface area contributed by atoms with E-state index in [1.54, 1.807) is 0 Å². The normalized spacial score (nSPS) is 39.1. The van der Waals surface area contributed by atoms with Gasteiger partial charge in [0.15, 0.2) is 0 Å². The van der Waals surface area contributed by atoms with Crippen molar-refractivity contribution in [2.24, 2.45) is 17.3 Å². The lowest BCUT2D eigenvalue weighted by molar-refractivity contribution is 0.00409. The summed E-state index contributed by atoms with van der Waals surface area (Å²) in [6, 6.07) is 0. The number of aliphatic hydroxyl groups excluding tert-OH is 1. The molecule has 1 N–H and O–H groups in total.